The highest BCUT2D eigenvalue weighted by molar-refractivity contribution is 5.53. The molecule has 164 valence electrons. The fourth-order valence-corrected chi connectivity index (χ4v) is 4.62. The number of methoxy groups -OCH3 is 3. The molecule has 0 N–H and O–H groups in total. The lowest BCUT2D eigenvalue weighted by Crippen LogP contribution is -2.30. The van der Waals surface area contributed by atoms with Crippen LogP contribution in [-0.2, 0) is 13.1 Å². The lowest BCUT2D eigenvalue weighted by molar-refractivity contribution is 0.215. The molecular formula is C26H32N2O3. The van der Waals surface area contributed by atoms with E-state index in [1.54, 1.807) is 21.3 Å². The monoisotopic (exact) mass is 420 g/mol. The van der Waals surface area contributed by atoms with Crippen molar-refractivity contribution in [2.75, 3.05) is 27.9 Å². The Labute approximate surface area is 185 Å². The van der Waals surface area contributed by atoms with Gasteiger partial charge in [-0.05, 0) is 49.6 Å². The van der Waals surface area contributed by atoms with Gasteiger partial charge in [-0.15, -0.1) is 0 Å². The van der Waals surface area contributed by atoms with Crippen molar-refractivity contribution in [2.45, 2.75) is 39.4 Å². The zero-order valence-electron chi connectivity index (χ0n) is 19.1. The Morgan fingerprint density at radius 2 is 1.61 bits per heavy atom. The van der Waals surface area contributed by atoms with Crippen molar-refractivity contribution in [1.29, 1.82) is 0 Å². The van der Waals surface area contributed by atoms with E-state index in [9.17, 15) is 0 Å². The molecule has 0 fully saturated rings. The van der Waals surface area contributed by atoms with Crippen molar-refractivity contribution in [3.8, 4) is 17.2 Å². The van der Waals surface area contributed by atoms with E-state index in [-0.39, 0.29) is 6.04 Å². The molecular weight excluding hydrogens is 388 g/mol. The summed E-state index contributed by atoms with van der Waals surface area (Å²) in [6.07, 6.45) is 3.27. The van der Waals surface area contributed by atoms with Gasteiger partial charge in [0, 0.05) is 43.2 Å². The Hall–Kier alpha value is -2.92. The molecule has 5 nitrogen and oxygen atoms in total. The average Bonchev–Trinajstić information content (AvgIpc) is 3.17. The summed E-state index contributed by atoms with van der Waals surface area (Å²) in [6.45, 7) is 7.24. The number of hydrogen-bond acceptors (Lipinski definition) is 4. The van der Waals surface area contributed by atoms with Crippen LogP contribution in [0.25, 0.3) is 0 Å². The Balaban J connectivity index is 1.85. The molecule has 0 bridgehead atoms. The summed E-state index contributed by atoms with van der Waals surface area (Å²) >= 11 is 0. The molecule has 0 spiro atoms. The second kappa shape index (κ2) is 9.06. The van der Waals surface area contributed by atoms with Gasteiger partial charge in [0.2, 0.25) is 0 Å². The number of hydrogen-bond donors (Lipinski definition) is 0. The zero-order chi connectivity index (χ0) is 22.0. The van der Waals surface area contributed by atoms with E-state index >= 15 is 0 Å². The fourth-order valence-electron chi connectivity index (χ4n) is 4.62. The summed E-state index contributed by atoms with van der Waals surface area (Å²) in [6, 6.07) is 15.1. The van der Waals surface area contributed by atoms with Crippen LogP contribution in [0, 0.1) is 13.8 Å². The molecule has 0 saturated carbocycles. The Morgan fingerprint density at radius 1 is 0.871 bits per heavy atom. The second-order valence-corrected chi connectivity index (χ2v) is 8.23. The van der Waals surface area contributed by atoms with Crippen LogP contribution in [0.3, 0.4) is 0 Å². The molecule has 2 heterocycles. The van der Waals surface area contributed by atoms with Gasteiger partial charge in [-0.3, -0.25) is 4.90 Å². The lowest BCUT2D eigenvalue weighted by Gasteiger charge is -2.32. The van der Waals surface area contributed by atoms with Crippen LogP contribution in [0.15, 0.2) is 48.7 Å². The minimum absolute atomic E-state index is 0.0483. The number of fused-ring (bicyclic) bond motifs is 1. The van der Waals surface area contributed by atoms with Crippen molar-refractivity contribution >= 4 is 0 Å². The third-order valence-electron chi connectivity index (χ3n) is 6.26. The van der Waals surface area contributed by atoms with E-state index in [1.165, 1.54) is 22.4 Å². The Kier molecular flexibility index (Phi) is 6.23. The summed E-state index contributed by atoms with van der Waals surface area (Å²) in [5.41, 5.74) is 6.34. The molecule has 3 aromatic rings. The third-order valence-corrected chi connectivity index (χ3v) is 6.26. The quantitative estimate of drug-likeness (QED) is 0.554. The first-order valence-corrected chi connectivity index (χ1v) is 10.8. The summed E-state index contributed by atoms with van der Waals surface area (Å²) in [5, 5.41) is 0. The number of benzene rings is 2. The predicted molar refractivity (Wildman–Crippen MR) is 123 cm³/mol. The highest BCUT2D eigenvalue weighted by Gasteiger charge is 2.31. The Morgan fingerprint density at radius 3 is 2.35 bits per heavy atom. The van der Waals surface area contributed by atoms with Crippen LogP contribution in [0.4, 0.5) is 0 Å². The van der Waals surface area contributed by atoms with Gasteiger partial charge in [0.25, 0.3) is 0 Å². The maximum absolute atomic E-state index is 5.84. The van der Waals surface area contributed by atoms with Gasteiger partial charge in [-0.25, -0.2) is 0 Å². The molecule has 0 amide bonds. The maximum atomic E-state index is 5.84. The molecule has 4 rings (SSSR count). The van der Waals surface area contributed by atoms with Crippen molar-refractivity contribution in [2.24, 2.45) is 0 Å². The molecule has 5 heteroatoms. The summed E-state index contributed by atoms with van der Waals surface area (Å²) in [5.74, 6) is 2.20. The van der Waals surface area contributed by atoms with Crippen molar-refractivity contribution in [1.82, 2.24) is 9.47 Å². The molecule has 1 aromatic heterocycles. The van der Waals surface area contributed by atoms with Crippen molar-refractivity contribution < 1.29 is 14.2 Å². The van der Waals surface area contributed by atoms with Gasteiger partial charge in [0.1, 0.15) is 5.75 Å². The summed E-state index contributed by atoms with van der Waals surface area (Å²) in [7, 11) is 5.05. The minimum atomic E-state index is 0.0483. The van der Waals surface area contributed by atoms with E-state index in [2.05, 4.69) is 65.9 Å². The first-order chi connectivity index (χ1) is 15.0. The minimum Gasteiger partial charge on any atom is -0.496 e. The lowest BCUT2D eigenvalue weighted by atomic mass is 9.98. The molecule has 31 heavy (non-hydrogen) atoms. The van der Waals surface area contributed by atoms with Gasteiger partial charge in [0.15, 0.2) is 11.5 Å². The molecule has 0 radical (unpaired) electrons. The fraction of sp³-hybridized carbons (Fsp3) is 0.385. The number of ether oxygens (including phenoxy) is 3. The smallest absolute Gasteiger partial charge is 0.164 e. The van der Waals surface area contributed by atoms with E-state index in [0.717, 1.165) is 37.4 Å². The van der Waals surface area contributed by atoms with Crippen LogP contribution in [0.1, 0.15) is 40.4 Å². The van der Waals surface area contributed by atoms with E-state index in [0.29, 0.717) is 11.5 Å². The topological polar surface area (TPSA) is 35.9 Å². The van der Waals surface area contributed by atoms with Gasteiger partial charge in [-0.1, -0.05) is 23.8 Å². The SMILES string of the molecule is COc1cc(OC)c(C2c3cccn3CCCN2Cc2cc(C)ccc2C)cc1OC. The molecule has 1 aliphatic heterocycles. The zero-order valence-corrected chi connectivity index (χ0v) is 19.1. The molecule has 1 unspecified atom stereocenters. The number of aromatic nitrogens is 1. The van der Waals surface area contributed by atoms with Crippen LogP contribution >= 0.6 is 0 Å². The van der Waals surface area contributed by atoms with Crippen LogP contribution < -0.4 is 14.2 Å². The molecule has 2 aromatic carbocycles. The molecule has 1 atom stereocenters. The first-order valence-electron chi connectivity index (χ1n) is 10.8. The predicted octanol–water partition coefficient (Wildman–Crippen LogP) is 5.13. The third kappa shape index (κ3) is 4.15. The summed E-state index contributed by atoms with van der Waals surface area (Å²) < 4.78 is 19.4. The van der Waals surface area contributed by atoms with E-state index in [1.807, 2.05) is 6.07 Å². The van der Waals surface area contributed by atoms with Crippen LogP contribution in [0.5, 0.6) is 17.2 Å². The van der Waals surface area contributed by atoms with Gasteiger partial charge in [0.05, 0.1) is 27.4 Å². The number of rotatable bonds is 6. The van der Waals surface area contributed by atoms with Crippen LogP contribution in [-0.4, -0.2) is 37.3 Å². The van der Waals surface area contributed by atoms with Gasteiger partial charge >= 0.3 is 0 Å². The highest BCUT2D eigenvalue weighted by atomic mass is 16.5. The molecule has 0 aliphatic carbocycles. The van der Waals surface area contributed by atoms with Crippen molar-refractivity contribution in [3.63, 3.8) is 0 Å². The van der Waals surface area contributed by atoms with Gasteiger partial charge in [-0.2, -0.15) is 0 Å². The first kappa shape index (κ1) is 21.3. The van der Waals surface area contributed by atoms with E-state index in [4.69, 9.17) is 14.2 Å². The average molecular weight is 421 g/mol. The standard InChI is InChI=1S/C26H32N2O3/c1-18-9-10-19(2)20(14-18)17-28-13-7-12-27-11-6-8-22(27)26(28)21-15-24(30-4)25(31-5)16-23(21)29-3/h6,8-11,14-16,26H,7,12-13,17H2,1-5H3. The van der Waals surface area contributed by atoms with Crippen molar-refractivity contribution in [3.05, 3.63) is 76.6 Å². The largest absolute Gasteiger partial charge is 0.496 e. The summed E-state index contributed by atoms with van der Waals surface area (Å²) in [4.78, 5) is 2.56. The number of nitrogens with zero attached hydrogens (tertiary/aromatic N) is 2. The second-order valence-electron chi connectivity index (χ2n) is 8.23. The van der Waals surface area contributed by atoms with Crippen LogP contribution in [0.2, 0.25) is 0 Å². The van der Waals surface area contributed by atoms with Gasteiger partial charge < -0.3 is 18.8 Å². The Bertz CT molecular complexity index is 1060. The van der Waals surface area contributed by atoms with E-state index < -0.39 is 0 Å². The molecule has 1 aliphatic rings. The molecule has 0 saturated heterocycles. The normalized spacial score (nSPS) is 16.5. The highest BCUT2D eigenvalue weighted by Crippen LogP contribution is 2.43. The maximum Gasteiger partial charge on any atom is 0.164 e. The number of aryl methyl sites for hydroxylation is 3.